The summed E-state index contributed by atoms with van der Waals surface area (Å²) < 4.78 is 0. The van der Waals surface area contributed by atoms with Crippen LogP contribution in [0, 0.1) is 0 Å². The summed E-state index contributed by atoms with van der Waals surface area (Å²) in [5, 5.41) is 0. The van der Waals surface area contributed by atoms with E-state index in [9.17, 15) is 0 Å². The minimum Gasteiger partial charge on any atom is -0.249 e. The van der Waals surface area contributed by atoms with Gasteiger partial charge in [0.15, 0.2) is 0 Å². The summed E-state index contributed by atoms with van der Waals surface area (Å²) in [6.07, 6.45) is 10.2. The number of hydrogen-bond acceptors (Lipinski definition) is 2. The van der Waals surface area contributed by atoms with E-state index in [4.69, 9.17) is 0 Å². The lowest BCUT2D eigenvalue weighted by atomic mass is 10.3. The normalized spacial score (nSPS) is 13.2. The van der Waals surface area contributed by atoms with Crippen molar-refractivity contribution >= 4 is 12.2 Å². The van der Waals surface area contributed by atoms with Crippen molar-refractivity contribution in [1.82, 2.24) is 9.97 Å². The zero-order chi connectivity index (χ0) is 12.0. The van der Waals surface area contributed by atoms with E-state index in [0.717, 1.165) is 35.6 Å². The smallest absolute Gasteiger partial charge is 0.0849 e. The Balaban J connectivity index is 0.000000291. The van der Waals surface area contributed by atoms with Crippen LogP contribution >= 0.6 is 0 Å². The molecule has 0 radical (unpaired) electrons. The van der Waals surface area contributed by atoms with Crippen molar-refractivity contribution in [2.45, 2.75) is 40.5 Å². The van der Waals surface area contributed by atoms with E-state index in [-0.39, 0.29) is 0 Å². The highest BCUT2D eigenvalue weighted by molar-refractivity contribution is 5.60. The van der Waals surface area contributed by atoms with Gasteiger partial charge in [0, 0.05) is 12.8 Å². The fourth-order valence-electron chi connectivity index (χ4n) is 1.67. The fraction of sp³-hybridized carbons (Fsp3) is 0.429. The molecule has 0 amide bonds. The van der Waals surface area contributed by atoms with Crippen LogP contribution in [0.3, 0.4) is 0 Å². The maximum absolute atomic E-state index is 4.52. The lowest BCUT2D eigenvalue weighted by molar-refractivity contribution is 1.00. The molecule has 0 N–H and O–H groups in total. The predicted molar refractivity (Wildman–Crippen MR) is 70.2 cm³/mol. The largest absolute Gasteiger partial charge is 0.249 e. The highest BCUT2D eigenvalue weighted by atomic mass is 14.9. The third kappa shape index (κ3) is 2.38. The molecule has 86 valence electrons. The Bertz CT molecular complexity index is 364. The molecule has 0 spiro atoms. The van der Waals surface area contributed by atoms with Crippen molar-refractivity contribution in [2.24, 2.45) is 0 Å². The first kappa shape index (κ1) is 12.6. The monoisotopic (exact) mass is 216 g/mol. The van der Waals surface area contributed by atoms with Crippen LogP contribution in [0.5, 0.6) is 0 Å². The van der Waals surface area contributed by atoms with Gasteiger partial charge < -0.3 is 0 Å². The molecule has 2 aliphatic rings. The molecule has 2 heteroatoms. The van der Waals surface area contributed by atoms with E-state index in [2.05, 4.69) is 34.3 Å². The highest BCUT2D eigenvalue weighted by Gasteiger charge is 2.14. The third-order valence-electron chi connectivity index (χ3n) is 2.28. The number of allylic oxidation sites excluding steroid dienone is 2. The van der Waals surface area contributed by atoms with Crippen LogP contribution in [0.2, 0.25) is 0 Å². The van der Waals surface area contributed by atoms with Crippen LogP contribution in [0.15, 0.2) is 12.2 Å². The summed E-state index contributed by atoms with van der Waals surface area (Å²) in [6, 6.07) is 0. The van der Waals surface area contributed by atoms with Gasteiger partial charge in [-0.2, -0.15) is 0 Å². The first-order valence-corrected chi connectivity index (χ1v) is 6.16. The van der Waals surface area contributed by atoms with E-state index in [1.54, 1.807) is 0 Å². The van der Waals surface area contributed by atoms with Crippen LogP contribution in [0.1, 0.15) is 50.5 Å². The summed E-state index contributed by atoms with van der Waals surface area (Å²) in [7, 11) is 0. The lowest BCUT2D eigenvalue weighted by Gasteiger charge is -2.01. The first-order chi connectivity index (χ1) is 7.93. The number of nitrogens with zero attached hydrogens (tertiary/aromatic N) is 2. The lowest BCUT2D eigenvalue weighted by Crippen LogP contribution is -1.98. The average molecular weight is 216 g/mol. The molecule has 16 heavy (non-hydrogen) atoms. The van der Waals surface area contributed by atoms with Gasteiger partial charge in [0.05, 0.1) is 22.8 Å². The summed E-state index contributed by atoms with van der Waals surface area (Å²) in [5.41, 5.74) is 4.38. The van der Waals surface area contributed by atoms with E-state index in [1.807, 2.05) is 27.7 Å². The van der Waals surface area contributed by atoms with Gasteiger partial charge >= 0.3 is 0 Å². The molecule has 1 aromatic heterocycles. The number of fused-ring (bicyclic) bond motifs is 2. The highest BCUT2D eigenvalue weighted by Crippen LogP contribution is 2.21. The second-order valence-electron chi connectivity index (χ2n) is 3.10. The van der Waals surface area contributed by atoms with Gasteiger partial charge in [0.2, 0.25) is 0 Å². The molecule has 2 nitrogen and oxygen atoms in total. The van der Waals surface area contributed by atoms with Gasteiger partial charge in [0.25, 0.3) is 0 Å². The average Bonchev–Trinajstić information content (AvgIpc) is 2.98. The van der Waals surface area contributed by atoms with E-state index in [0.29, 0.717) is 0 Å². The molecule has 0 aromatic carbocycles. The Morgan fingerprint density at radius 1 is 0.750 bits per heavy atom. The van der Waals surface area contributed by atoms with E-state index < -0.39 is 0 Å². The minimum atomic E-state index is 0.948. The SMILES string of the molecule is C1=Cc2nc3c(nc2C1)C=CC3.CC.CC. The van der Waals surface area contributed by atoms with Crippen LogP contribution in [-0.4, -0.2) is 9.97 Å². The first-order valence-electron chi connectivity index (χ1n) is 6.16. The molecule has 0 bridgehead atoms. The molecule has 1 aromatic rings. The van der Waals surface area contributed by atoms with Crippen molar-refractivity contribution < 1.29 is 0 Å². The molecule has 0 saturated heterocycles. The number of hydrogen-bond donors (Lipinski definition) is 0. The van der Waals surface area contributed by atoms with Crippen molar-refractivity contribution in [1.29, 1.82) is 0 Å². The van der Waals surface area contributed by atoms with Gasteiger partial charge in [-0.15, -0.1) is 0 Å². The summed E-state index contributed by atoms with van der Waals surface area (Å²) in [4.78, 5) is 9.04. The standard InChI is InChI=1S/C10H8N2.2C2H6/c1-3-7-8(4-1)12-10-6-2-5-9(10)11-7;2*1-2/h1-3,6H,4-5H2;2*1-2H3. The number of rotatable bonds is 0. The molecule has 1 heterocycles. The van der Waals surface area contributed by atoms with Crippen LogP contribution in [0.4, 0.5) is 0 Å². The van der Waals surface area contributed by atoms with Crippen molar-refractivity contribution in [3.8, 4) is 0 Å². The molecule has 0 unspecified atom stereocenters. The zero-order valence-corrected chi connectivity index (χ0v) is 10.6. The molecular formula is C14H20N2. The summed E-state index contributed by atoms with van der Waals surface area (Å²) in [6.45, 7) is 8.00. The van der Waals surface area contributed by atoms with Gasteiger partial charge in [0.1, 0.15) is 0 Å². The van der Waals surface area contributed by atoms with Gasteiger partial charge in [-0.25, -0.2) is 9.97 Å². The van der Waals surface area contributed by atoms with Gasteiger partial charge in [-0.1, -0.05) is 39.8 Å². The maximum atomic E-state index is 4.52. The zero-order valence-electron chi connectivity index (χ0n) is 10.6. The molecule has 0 aliphatic heterocycles. The number of aromatic nitrogens is 2. The topological polar surface area (TPSA) is 25.8 Å². The van der Waals surface area contributed by atoms with Gasteiger partial charge in [-0.05, 0) is 12.2 Å². The molecule has 0 saturated carbocycles. The van der Waals surface area contributed by atoms with E-state index in [1.165, 1.54) is 0 Å². The van der Waals surface area contributed by atoms with Crippen LogP contribution in [0.25, 0.3) is 12.2 Å². The Labute approximate surface area is 98.1 Å². The van der Waals surface area contributed by atoms with Crippen LogP contribution in [-0.2, 0) is 12.8 Å². The minimum absolute atomic E-state index is 0.948. The molecule has 3 rings (SSSR count). The third-order valence-corrected chi connectivity index (χ3v) is 2.28. The molecule has 0 fully saturated rings. The molecular weight excluding hydrogens is 196 g/mol. The van der Waals surface area contributed by atoms with Crippen molar-refractivity contribution in [2.75, 3.05) is 0 Å². The Kier molecular flexibility index (Phi) is 4.90. The second kappa shape index (κ2) is 6.21. The summed E-state index contributed by atoms with van der Waals surface area (Å²) in [5.74, 6) is 0. The van der Waals surface area contributed by atoms with Gasteiger partial charge in [-0.3, -0.25) is 0 Å². The quantitative estimate of drug-likeness (QED) is 0.661. The molecule has 2 aliphatic carbocycles. The second-order valence-corrected chi connectivity index (χ2v) is 3.10. The van der Waals surface area contributed by atoms with Crippen molar-refractivity contribution in [3.05, 3.63) is 34.9 Å². The van der Waals surface area contributed by atoms with Crippen LogP contribution < -0.4 is 0 Å². The Hall–Kier alpha value is -1.44. The Morgan fingerprint density at radius 3 is 1.50 bits per heavy atom. The fourth-order valence-corrected chi connectivity index (χ4v) is 1.67. The maximum Gasteiger partial charge on any atom is 0.0849 e. The molecule has 0 atom stereocenters. The summed E-state index contributed by atoms with van der Waals surface area (Å²) >= 11 is 0. The Morgan fingerprint density at radius 2 is 1.12 bits per heavy atom. The van der Waals surface area contributed by atoms with Crippen molar-refractivity contribution in [3.63, 3.8) is 0 Å². The predicted octanol–water partition coefficient (Wildman–Crippen LogP) is 3.67. The van der Waals surface area contributed by atoms with E-state index >= 15 is 0 Å².